The van der Waals surface area contributed by atoms with Crippen molar-refractivity contribution in [1.82, 2.24) is 0 Å². The molecule has 9 heteroatoms. The minimum absolute atomic E-state index is 0.230. The Morgan fingerprint density at radius 3 is 1.37 bits per heavy atom. The standard InChI is InChI=1S/2C4H4O2S2.2CH3.Sn/c2*5-4(6)3-1-2-7-8-3;;;/h2*1-3H,(H,5,6);2*1H3;/q;;;;+2/p-2. The number of hydrogen-bond donors (Lipinski definition) is 0. The molecule has 19 heavy (non-hydrogen) atoms. The van der Waals surface area contributed by atoms with Gasteiger partial charge in [0.2, 0.25) is 0 Å². The second-order valence-corrected chi connectivity index (χ2v) is 10.5. The molecule has 0 N–H and O–H groups in total. The van der Waals surface area contributed by atoms with Crippen LogP contribution in [0.25, 0.3) is 0 Å². The average Bonchev–Trinajstić information content (AvgIpc) is 3.05. The second kappa shape index (κ2) is 12.4. The molecule has 104 valence electrons. The van der Waals surface area contributed by atoms with Crippen LogP contribution < -0.4 is 10.2 Å². The van der Waals surface area contributed by atoms with Gasteiger partial charge in [-0.15, -0.1) is 0 Å². The first-order valence-corrected chi connectivity index (χ1v) is 15.3. The first kappa shape index (κ1) is 19.6. The topological polar surface area (TPSA) is 80.3 Å². The Balaban J connectivity index is 0.000000284. The van der Waals surface area contributed by atoms with Gasteiger partial charge in [-0.1, -0.05) is 55.3 Å². The molecule has 0 spiro atoms. The van der Waals surface area contributed by atoms with Crippen molar-refractivity contribution in [1.29, 1.82) is 0 Å². The summed E-state index contributed by atoms with van der Waals surface area (Å²) >= 11 is 0.230. The molecule has 0 amide bonds. The van der Waals surface area contributed by atoms with E-state index in [0.29, 0.717) is 0 Å². The van der Waals surface area contributed by atoms with Crippen LogP contribution in [0.4, 0.5) is 0 Å². The predicted octanol–water partition coefficient (Wildman–Crippen LogP) is 0.814. The fourth-order valence-electron chi connectivity index (χ4n) is 0.691. The molecular weight excluding hydrogens is 431 g/mol. The molecule has 0 radical (unpaired) electrons. The molecular formula is C10H12O4S4Sn. The first-order valence-electron chi connectivity index (χ1n) is 5.00. The molecule has 4 nitrogen and oxygen atoms in total. The molecule has 0 aromatic heterocycles. The molecule has 0 aliphatic carbocycles. The Kier molecular flexibility index (Phi) is 12.8. The molecule has 0 bridgehead atoms. The van der Waals surface area contributed by atoms with Crippen LogP contribution in [0.5, 0.6) is 0 Å². The first-order chi connectivity index (χ1) is 9.02. The molecule has 0 aromatic rings. The zero-order valence-corrected chi connectivity index (χ0v) is 16.4. The van der Waals surface area contributed by atoms with Crippen LogP contribution in [0.2, 0.25) is 9.88 Å². The van der Waals surface area contributed by atoms with Crippen LogP contribution in [0.3, 0.4) is 0 Å². The summed E-state index contributed by atoms with van der Waals surface area (Å²) in [4.78, 5) is 24.6. The third-order valence-corrected chi connectivity index (χ3v) is 5.85. The number of carboxylic acids is 2. The minimum atomic E-state index is -1.00. The summed E-state index contributed by atoms with van der Waals surface area (Å²) in [6, 6.07) is 0. The van der Waals surface area contributed by atoms with Crippen molar-refractivity contribution in [3.63, 3.8) is 0 Å². The zero-order valence-electron chi connectivity index (χ0n) is 10.2. The van der Waals surface area contributed by atoms with Crippen LogP contribution in [0, 0.1) is 0 Å². The fourth-order valence-corrected chi connectivity index (χ4v) is 4.49. The van der Waals surface area contributed by atoms with Crippen LogP contribution in [-0.2, 0) is 9.59 Å². The number of aliphatic carboxylic acids is 2. The molecule has 0 fully saturated rings. The third-order valence-electron chi connectivity index (χ3n) is 1.40. The van der Waals surface area contributed by atoms with Gasteiger partial charge >= 0.3 is 31.0 Å². The second-order valence-electron chi connectivity index (χ2n) is 3.02. The van der Waals surface area contributed by atoms with E-state index in [1.54, 1.807) is 23.0 Å². The summed E-state index contributed by atoms with van der Waals surface area (Å²) in [5.74, 6) is -2.01. The van der Waals surface area contributed by atoms with Gasteiger partial charge < -0.3 is 19.8 Å². The van der Waals surface area contributed by atoms with Crippen molar-refractivity contribution >= 4 is 76.3 Å². The number of carboxylic acid groups (broad SMARTS) is 2. The predicted molar refractivity (Wildman–Crippen MR) is 83.7 cm³/mol. The van der Waals surface area contributed by atoms with Crippen LogP contribution >= 0.6 is 43.2 Å². The summed E-state index contributed by atoms with van der Waals surface area (Å²) in [5.41, 5.74) is 0. The Hall–Kier alpha value is 0.619. The molecule has 0 saturated carbocycles. The number of hydrogen-bond acceptors (Lipinski definition) is 8. The van der Waals surface area contributed by atoms with E-state index in [9.17, 15) is 19.8 Å². The summed E-state index contributed by atoms with van der Waals surface area (Å²) < 4.78 is 0. The molecule has 2 aliphatic rings. The maximum atomic E-state index is 10.0. The van der Waals surface area contributed by atoms with E-state index in [4.69, 9.17) is 0 Å². The third kappa shape index (κ3) is 10.1. The number of rotatable bonds is 2. The van der Waals surface area contributed by atoms with Gasteiger partial charge in [-0.3, -0.25) is 0 Å². The van der Waals surface area contributed by atoms with E-state index in [1.165, 1.54) is 43.2 Å². The Morgan fingerprint density at radius 1 is 0.947 bits per heavy atom. The van der Waals surface area contributed by atoms with Crippen molar-refractivity contribution in [3.8, 4) is 0 Å². The van der Waals surface area contributed by atoms with Crippen LogP contribution in [0.15, 0.2) is 23.0 Å². The Labute approximate surface area is 138 Å². The van der Waals surface area contributed by atoms with Gasteiger partial charge in [-0.25, -0.2) is 0 Å². The van der Waals surface area contributed by atoms with Gasteiger partial charge in [0.1, 0.15) is 0 Å². The fraction of sp³-hybridized carbons (Fsp3) is 0.400. The van der Waals surface area contributed by atoms with Gasteiger partial charge in [0.15, 0.2) is 0 Å². The van der Waals surface area contributed by atoms with Crippen molar-refractivity contribution < 1.29 is 19.8 Å². The van der Waals surface area contributed by atoms with E-state index in [0.717, 1.165) is 0 Å². The molecule has 2 heterocycles. The van der Waals surface area contributed by atoms with E-state index >= 15 is 0 Å². The van der Waals surface area contributed by atoms with Gasteiger partial charge in [0.25, 0.3) is 0 Å². The van der Waals surface area contributed by atoms with E-state index in [2.05, 4.69) is 9.88 Å². The normalized spacial score (nSPS) is 22.6. The molecule has 2 atom stereocenters. The van der Waals surface area contributed by atoms with Crippen molar-refractivity contribution in [2.24, 2.45) is 0 Å². The van der Waals surface area contributed by atoms with E-state index in [-0.39, 0.29) is 21.1 Å². The molecule has 2 rings (SSSR count). The van der Waals surface area contributed by atoms with Crippen molar-refractivity contribution in [3.05, 3.63) is 23.0 Å². The molecule has 0 saturated heterocycles. The Morgan fingerprint density at radius 2 is 1.26 bits per heavy atom. The summed E-state index contributed by atoms with van der Waals surface area (Å²) in [6.45, 7) is 0. The SMILES string of the molecule is O=C([O-])C1C=CSS1.O=C([O-])C1C=CSS1.[CH3][Sn+2][CH3]. The van der Waals surface area contributed by atoms with Gasteiger partial charge in [0, 0.05) is 0 Å². The number of carbonyl (C=O) groups excluding carboxylic acids is 2. The average molecular weight is 443 g/mol. The van der Waals surface area contributed by atoms with Crippen LogP contribution in [0.1, 0.15) is 0 Å². The van der Waals surface area contributed by atoms with E-state index < -0.39 is 22.4 Å². The van der Waals surface area contributed by atoms with Crippen LogP contribution in [-0.4, -0.2) is 43.6 Å². The molecule has 2 aliphatic heterocycles. The molecule has 0 aromatic carbocycles. The Bertz CT molecular complexity index is 316. The summed E-state index contributed by atoms with van der Waals surface area (Å²) in [7, 11) is 5.44. The molecule has 2 unspecified atom stereocenters. The summed E-state index contributed by atoms with van der Waals surface area (Å²) in [6.07, 6.45) is 3.23. The van der Waals surface area contributed by atoms with Crippen molar-refractivity contribution in [2.45, 2.75) is 20.4 Å². The van der Waals surface area contributed by atoms with Gasteiger partial charge in [0.05, 0.1) is 22.4 Å². The maximum absolute atomic E-state index is 10.0. The quantitative estimate of drug-likeness (QED) is 0.459. The monoisotopic (exact) mass is 444 g/mol. The van der Waals surface area contributed by atoms with Gasteiger partial charge in [-0.2, -0.15) is 0 Å². The van der Waals surface area contributed by atoms with E-state index in [1.807, 2.05) is 0 Å². The van der Waals surface area contributed by atoms with Gasteiger partial charge in [-0.05, 0) is 10.8 Å². The zero-order chi connectivity index (χ0) is 14.7. The number of carbonyl (C=O) groups is 2. The summed E-state index contributed by atoms with van der Waals surface area (Å²) in [5, 5.41) is 22.7. The van der Waals surface area contributed by atoms with Crippen molar-refractivity contribution in [2.75, 3.05) is 0 Å².